The van der Waals surface area contributed by atoms with E-state index in [2.05, 4.69) is 6.92 Å². The van der Waals surface area contributed by atoms with Gasteiger partial charge in [-0.3, -0.25) is 9.59 Å². The molecule has 0 spiro atoms. The van der Waals surface area contributed by atoms with Crippen molar-refractivity contribution in [3.8, 4) is 0 Å². The fourth-order valence-electron chi connectivity index (χ4n) is 4.60. The number of halogens is 2. The second kappa shape index (κ2) is 9.19. The summed E-state index contributed by atoms with van der Waals surface area (Å²) in [6.45, 7) is 2.06. The fraction of sp³-hybridized carbons (Fsp3) is 0.417. The number of benzene rings is 2. The van der Waals surface area contributed by atoms with E-state index in [1.165, 1.54) is 0 Å². The molecule has 0 bridgehead atoms. The Bertz CT molecular complexity index is 960. The predicted octanol–water partition coefficient (Wildman–Crippen LogP) is 5.67. The molecule has 1 saturated carbocycles. The van der Waals surface area contributed by atoms with E-state index in [4.69, 9.17) is 27.9 Å². The van der Waals surface area contributed by atoms with E-state index >= 15 is 0 Å². The van der Waals surface area contributed by atoms with Crippen LogP contribution in [-0.2, 0) is 14.3 Å². The summed E-state index contributed by atoms with van der Waals surface area (Å²) in [5.74, 6) is -0.952. The van der Waals surface area contributed by atoms with Crippen LogP contribution in [0.25, 0.3) is 0 Å². The van der Waals surface area contributed by atoms with Gasteiger partial charge in [-0.2, -0.15) is 0 Å². The molecule has 4 rings (SSSR count). The van der Waals surface area contributed by atoms with Crippen LogP contribution in [0.1, 0.15) is 55.9 Å². The maximum atomic E-state index is 13.5. The van der Waals surface area contributed by atoms with Crippen LogP contribution < -0.4 is 0 Å². The largest absolute Gasteiger partial charge is 0.481 e. The van der Waals surface area contributed by atoms with Crippen LogP contribution in [0.5, 0.6) is 0 Å². The van der Waals surface area contributed by atoms with E-state index in [0.29, 0.717) is 16.0 Å². The monoisotopic (exact) mass is 461 g/mol. The Balaban J connectivity index is 1.82. The van der Waals surface area contributed by atoms with Gasteiger partial charge in [0.05, 0.1) is 12.5 Å². The Labute approximate surface area is 191 Å². The molecule has 1 amide bonds. The molecule has 0 aromatic heterocycles. The highest BCUT2D eigenvalue weighted by Crippen LogP contribution is 2.46. The molecule has 1 N–H and O–H groups in total. The Hall–Kier alpha value is -2.08. The molecule has 7 heteroatoms. The van der Waals surface area contributed by atoms with Crippen molar-refractivity contribution in [2.24, 2.45) is 5.92 Å². The van der Waals surface area contributed by atoms with Crippen LogP contribution >= 0.6 is 23.2 Å². The van der Waals surface area contributed by atoms with Gasteiger partial charge in [-0.15, -0.1) is 0 Å². The molecule has 2 aromatic carbocycles. The highest BCUT2D eigenvalue weighted by molar-refractivity contribution is 6.30. The number of hydrogen-bond donors (Lipinski definition) is 1. The highest BCUT2D eigenvalue weighted by atomic mass is 35.5. The number of rotatable bonds is 6. The highest BCUT2D eigenvalue weighted by Gasteiger charge is 2.48. The molecule has 2 fully saturated rings. The quantitative estimate of drug-likeness (QED) is 0.601. The first-order valence-electron chi connectivity index (χ1n) is 10.6. The zero-order valence-electron chi connectivity index (χ0n) is 17.2. The summed E-state index contributed by atoms with van der Waals surface area (Å²) in [7, 11) is 0. The second-order valence-corrected chi connectivity index (χ2v) is 9.24. The zero-order valence-corrected chi connectivity index (χ0v) is 18.7. The third-order valence-electron chi connectivity index (χ3n) is 6.45. The molecular weight excluding hydrogens is 437 g/mol. The van der Waals surface area contributed by atoms with Crippen molar-refractivity contribution >= 4 is 35.1 Å². The number of carboxylic acid groups (broad SMARTS) is 1. The SMILES string of the molecule is C[C@@H](C1CCC1)N1C(=O)[C@H](CC(=O)O)O[C@H](c2cccc(Cl)c2)[C@H]1c1ccc(Cl)cc1. The maximum absolute atomic E-state index is 13.5. The topological polar surface area (TPSA) is 66.8 Å². The predicted molar refractivity (Wildman–Crippen MR) is 119 cm³/mol. The molecular formula is C24H25Cl2NO4. The van der Waals surface area contributed by atoms with E-state index in [0.717, 1.165) is 30.4 Å². The molecule has 1 heterocycles. The number of carboxylic acids is 1. The zero-order chi connectivity index (χ0) is 22.1. The fourth-order valence-corrected chi connectivity index (χ4v) is 4.92. The smallest absolute Gasteiger partial charge is 0.306 e. The molecule has 2 aromatic rings. The first kappa shape index (κ1) is 22.1. The lowest BCUT2D eigenvalue weighted by Gasteiger charge is -2.50. The number of hydrogen-bond acceptors (Lipinski definition) is 3. The third-order valence-corrected chi connectivity index (χ3v) is 6.93. The van der Waals surface area contributed by atoms with E-state index in [1.807, 2.05) is 35.2 Å². The van der Waals surface area contributed by atoms with Gasteiger partial charge in [-0.05, 0) is 61.1 Å². The van der Waals surface area contributed by atoms with E-state index < -0.39 is 24.2 Å². The number of morpholine rings is 1. The lowest BCUT2D eigenvalue weighted by Crippen LogP contribution is -2.56. The Kier molecular flexibility index (Phi) is 6.56. The number of carbonyl (C=O) groups excluding carboxylic acids is 1. The van der Waals surface area contributed by atoms with Crippen LogP contribution in [0, 0.1) is 5.92 Å². The van der Waals surface area contributed by atoms with Gasteiger partial charge in [0.1, 0.15) is 12.2 Å². The molecule has 0 radical (unpaired) electrons. The molecule has 0 unspecified atom stereocenters. The molecule has 31 heavy (non-hydrogen) atoms. The maximum Gasteiger partial charge on any atom is 0.306 e. The normalized spacial score (nSPS) is 25.2. The number of aliphatic carboxylic acids is 1. The molecule has 2 aliphatic rings. The summed E-state index contributed by atoms with van der Waals surface area (Å²) < 4.78 is 6.20. The minimum atomic E-state index is -1.07. The minimum Gasteiger partial charge on any atom is -0.481 e. The average Bonchev–Trinajstić information content (AvgIpc) is 2.68. The van der Waals surface area contributed by atoms with Crippen molar-refractivity contribution in [1.82, 2.24) is 4.90 Å². The molecule has 5 nitrogen and oxygen atoms in total. The molecule has 4 atom stereocenters. The van der Waals surface area contributed by atoms with E-state index in [1.54, 1.807) is 18.2 Å². The number of ether oxygens (including phenoxy) is 1. The Morgan fingerprint density at radius 2 is 1.84 bits per heavy atom. The molecule has 1 aliphatic carbocycles. The van der Waals surface area contributed by atoms with E-state index in [9.17, 15) is 14.7 Å². The van der Waals surface area contributed by atoms with Gasteiger partial charge in [0.2, 0.25) is 0 Å². The van der Waals surface area contributed by atoms with Crippen LogP contribution in [0.15, 0.2) is 48.5 Å². The summed E-state index contributed by atoms with van der Waals surface area (Å²) in [5.41, 5.74) is 1.70. The van der Waals surface area contributed by atoms with Crippen molar-refractivity contribution in [3.63, 3.8) is 0 Å². The van der Waals surface area contributed by atoms with Crippen molar-refractivity contribution < 1.29 is 19.4 Å². The molecule has 1 saturated heterocycles. The average molecular weight is 462 g/mol. The van der Waals surface area contributed by atoms with Gasteiger partial charge in [-0.25, -0.2) is 0 Å². The minimum absolute atomic E-state index is 0.0381. The third kappa shape index (κ3) is 4.59. The summed E-state index contributed by atoms with van der Waals surface area (Å²) in [6.07, 6.45) is 1.29. The summed E-state index contributed by atoms with van der Waals surface area (Å²) in [4.78, 5) is 26.9. The number of nitrogens with zero attached hydrogens (tertiary/aromatic N) is 1. The van der Waals surface area contributed by atoms with Crippen molar-refractivity contribution in [2.45, 2.75) is 56.9 Å². The second-order valence-electron chi connectivity index (χ2n) is 8.37. The Morgan fingerprint density at radius 1 is 1.13 bits per heavy atom. The lowest BCUT2D eigenvalue weighted by atomic mass is 9.78. The van der Waals surface area contributed by atoms with Gasteiger partial charge < -0.3 is 14.7 Å². The lowest BCUT2D eigenvalue weighted by molar-refractivity contribution is -0.185. The van der Waals surface area contributed by atoms with Gasteiger partial charge in [0, 0.05) is 16.1 Å². The van der Waals surface area contributed by atoms with E-state index in [-0.39, 0.29) is 18.4 Å². The molecule has 164 valence electrons. The number of carbonyl (C=O) groups is 2. The van der Waals surface area contributed by atoms with Crippen LogP contribution in [-0.4, -0.2) is 34.0 Å². The van der Waals surface area contributed by atoms with Gasteiger partial charge >= 0.3 is 5.97 Å². The summed E-state index contributed by atoms with van der Waals surface area (Å²) in [5, 5.41) is 10.6. The first-order chi connectivity index (χ1) is 14.8. The Morgan fingerprint density at radius 3 is 2.42 bits per heavy atom. The van der Waals surface area contributed by atoms with Gasteiger partial charge in [0.15, 0.2) is 0 Å². The summed E-state index contributed by atoms with van der Waals surface area (Å²) in [6, 6.07) is 14.3. The number of amides is 1. The van der Waals surface area contributed by atoms with Crippen molar-refractivity contribution in [3.05, 3.63) is 69.7 Å². The van der Waals surface area contributed by atoms with Crippen LogP contribution in [0.4, 0.5) is 0 Å². The van der Waals surface area contributed by atoms with Gasteiger partial charge in [0.25, 0.3) is 5.91 Å². The first-order valence-corrected chi connectivity index (χ1v) is 11.3. The van der Waals surface area contributed by atoms with Gasteiger partial charge in [-0.1, -0.05) is 53.9 Å². The van der Waals surface area contributed by atoms with Crippen molar-refractivity contribution in [2.75, 3.05) is 0 Å². The standard InChI is InChI=1S/C24H25Cl2NO4/c1-14(15-4-2-5-15)27-22(16-8-10-18(25)11-9-16)23(17-6-3-7-19(26)12-17)31-20(24(27)30)13-21(28)29/h3,6-12,14-15,20,22-23H,2,4-5,13H2,1H3,(H,28,29)/t14-,20-,22+,23+/m0/s1. The van der Waals surface area contributed by atoms with Crippen molar-refractivity contribution in [1.29, 1.82) is 0 Å². The summed E-state index contributed by atoms with van der Waals surface area (Å²) >= 11 is 12.4. The van der Waals surface area contributed by atoms with Crippen LogP contribution in [0.3, 0.4) is 0 Å². The molecule has 1 aliphatic heterocycles. The van der Waals surface area contributed by atoms with Crippen LogP contribution in [0.2, 0.25) is 10.0 Å².